The molecular weight excluding hydrogens is 516 g/mol. The largest absolute Gasteiger partial charge is 0.380 e. The number of hydrogen-bond acceptors (Lipinski definition) is 5. The SMILES string of the molecule is N=C/C(C(=O)N(CC(=O)c1c(Cl)cncc1Cl)Cc1ccc(F)cc1)=C(\NC1CCCCC1)C(F)F. The zero-order chi connectivity index (χ0) is 26.2. The molecule has 2 N–H and O–H groups in total. The summed E-state index contributed by atoms with van der Waals surface area (Å²) in [5.74, 6) is -2.10. The number of pyridine rings is 1. The normalized spacial score (nSPS) is 14.8. The van der Waals surface area contributed by atoms with Crippen LogP contribution in [0.2, 0.25) is 10.0 Å². The van der Waals surface area contributed by atoms with Crippen molar-refractivity contribution in [3.63, 3.8) is 0 Å². The number of allylic oxidation sites excluding steroid dienone is 1. The van der Waals surface area contributed by atoms with Crippen LogP contribution in [0.15, 0.2) is 47.9 Å². The Balaban J connectivity index is 1.97. The number of rotatable bonds is 10. The molecule has 1 fully saturated rings. The predicted octanol–water partition coefficient (Wildman–Crippen LogP) is 5.83. The van der Waals surface area contributed by atoms with E-state index in [1.165, 1.54) is 36.7 Å². The average Bonchev–Trinajstić information content (AvgIpc) is 2.85. The highest BCUT2D eigenvalue weighted by Gasteiger charge is 2.29. The van der Waals surface area contributed by atoms with Crippen molar-refractivity contribution in [2.75, 3.05) is 6.54 Å². The highest BCUT2D eigenvalue weighted by Crippen LogP contribution is 2.25. The van der Waals surface area contributed by atoms with Crippen LogP contribution < -0.4 is 5.32 Å². The Morgan fingerprint density at radius 2 is 1.72 bits per heavy atom. The van der Waals surface area contributed by atoms with Gasteiger partial charge in [0.1, 0.15) is 5.82 Å². The van der Waals surface area contributed by atoms with Gasteiger partial charge in [0.25, 0.3) is 12.3 Å². The average molecular weight is 541 g/mol. The van der Waals surface area contributed by atoms with Crippen LogP contribution in [0, 0.1) is 11.2 Å². The van der Waals surface area contributed by atoms with E-state index in [2.05, 4.69) is 10.3 Å². The fraction of sp³-hybridized carbons (Fsp3) is 0.360. The molecule has 1 amide bonds. The van der Waals surface area contributed by atoms with Gasteiger partial charge in [0.2, 0.25) is 0 Å². The van der Waals surface area contributed by atoms with Crippen LogP contribution in [-0.2, 0) is 11.3 Å². The molecule has 1 aromatic carbocycles. The number of nitrogens with zero attached hydrogens (tertiary/aromatic N) is 2. The van der Waals surface area contributed by atoms with E-state index in [4.69, 9.17) is 28.6 Å². The second kappa shape index (κ2) is 12.9. The maximum absolute atomic E-state index is 14.1. The number of hydrogen-bond donors (Lipinski definition) is 2. The van der Waals surface area contributed by atoms with Crippen LogP contribution in [-0.4, -0.2) is 46.8 Å². The minimum atomic E-state index is -3.04. The van der Waals surface area contributed by atoms with E-state index in [-0.39, 0.29) is 28.2 Å². The lowest BCUT2D eigenvalue weighted by atomic mass is 9.95. The van der Waals surface area contributed by atoms with Gasteiger partial charge < -0.3 is 15.6 Å². The monoisotopic (exact) mass is 540 g/mol. The summed E-state index contributed by atoms with van der Waals surface area (Å²) in [5.41, 5.74) is -0.830. The number of alkyl halides is 2. The van der Waals surface area contributed by atoms with Crippen LogP contribution in [0.1, 0.15) is 48.0 Å². The van der Waals surface area contributed by atoms with E-state index >= 15 is 0 Å². The summed E-state index contributed by atoms with van der Waals surface area (Å²) < 4.78 is 41.6. The van der Waals surface area contributed by atoms with E-state index in [9.17, 15) is 22.8 Å². The molecule has 0 spiro atoms. The number of benzene rings is 1. The van der Waals surface area contributed by atoms with Crippen LogP contribution in [0.5, 0.6) is 0 Å². The third-order valence-corrected chi connectivity index (χ3v) is 6.46. The van der Waals surface area contributed by atoms with Gasteiger partial charge >= 0.3 is 0 Å². The van der Waals surface area contributed by atoms with Gasteiger partial charge in [-0.1, -0.05) is 54.6 Å². The summed E-state index contributed by atoms with van der Waals surface area (Å²) in [6.45, 7) is -0.778. The number of carbonyl (C=O) groups is 2. The molecule has 1 heterocycles. The van der Waals surface area contributed by atoms with E-state index in [1.807, 2.05) is 0 Å². The van der Waals surface area contributed by atoms with E-state index in [0.717, 1.165) is 24.2 Å². The van der Waals surface area contributed by atoms with Crippen LogP contribution >= 0.6 is 23.2 Å². The van der Waals surface area contributed by atoms with Crippen molar-refractivity contribution < 1.29 is 22.8 Å². The van der Waals surface area contributed by atoms with Gasteiger partial charge in [-0.3, -0.25) is 14.6 Å². The van der Waals surface area contributed by atoms with Crippen LogP contribution in [0.25, 0.3) is 0 Å². The summed E-state index contributed by atoms with van der Waals surface area (Å²) >= 11 is 12.2. The molecule has 0 saturated heterocycles. The Hall–Kier alpha value is -2.91. The standard InChI is InChI=1S/C25H25Cl2F3N4O2/c26-19-11-32-12-20(27)22(19)21(35)14-34(13-15-6-8-16(28)9-7-15)25(36)18(10-31)23(24(29)30)33-17-4-2-1-3-5-17/h6-12,17,24,31,33H,1-5,13-14H2/b23-18+,31-10?. The lowest BCUT2D eigenvalue weighted by Gasteiger charge is -2.28. The molecule has 0 aliphatic heterocycles. The summed E-state index contributed by atoms with van der Waals surface area (Å²) in [7, 11) is 0. The first kappa shape index (κ1) is 27.7. The topological polar surface area (TPSA) is 86.2 Å². The van der Waals surface area contributed by atoms with Crippen molar-refractivity contribution in [3.8, 4) is 0 Å². The predicted molar refractivity (Wildman–Crippen MR) is 132 cm³/mol. The summed E-state index contributed by atoms with van der Waals surface area (Å²) in [5, 5.41) is 10.5. The van der Waals surface area contributed by atoms with Gasteiger partial charge in [-0.25, -0.2) is 13.2 Å². The third-order valence-electron chi connectivity index (χ3n) is 5.89. The summed E-state index contributed by atoms with van der Waals surface area (Å²) in [6, 6.07) is 4.94. The third kappa shape index (κ3) is 7.07. The molecule has 0 bridgehead atoms. The van der Waals surface area contributed by atoms with Crippen LogP contribution in [0.3, 0.4) is 0 Å². The van der Waals surface area contributed by atoms with Crippen molar-refractivity contribution in [1.82, 2.24) is 15.2 Å². The van der Waals surface area contributed by atoms with Crippen LogP contribution in [0.4, 0.5) is 13.2 Å². The second-order valence-electron chi connectivity index (χ2n) is 8.44. The minimum Gasteiger partial charge on any atom is -0.380 e. The number of Topliss-reactive ketones (excluding diaryl/α,β-unsaturated/α-hetero) is 1. The molecule has 11 heteroatoms. The maximum Gasteiger partial charge on any atom is 0.278 e. The molecule has 36 heavy (non-hydrogen) atoms. The molecule has 1 aliphatic rings. The lowest BCUT2D eigenvalue weighted by Crippen LogP contribution is -2.40. The van der Waals surface area contributed by atoms with Gasteiger partial charge in [-0.2, -0.15) is 0 Å². The van der Waals surface area contributed by atoms with Crippen molar-refractivity contribution in [3.05, 3.63) is 74.9 Å². The van der Waals surface area contributed by atoms with E-state index in [0.29, 0.717) is 24.6 Å². The smallest absolute Gasteiger partial charge is 0.278 e. The zero-order valence-corrected chi connectivity index (χ0v) is 20.8. The number of aromatic nitrogens is 1. The molecule has 1 aromatic heterocycles. The zero-order valence-electron chi connectivity index (χ0n) is 19.2. The Labute approximate surface area is 217 Å². The molecule has 192 valence electrons. The molecule has 0 unspecified atom stereocenters. The quantitative estimate of drug-likeness (QED) is 0.225. The Morgan fingerprint density at radius 1 is 1.11 bits per heavy atom. The molecule has 0 atom stereocenters. The first-order chi connectivity index (χ1) is 17.2. The molecule has 3 rings (SSSR count). The summed E-state index contributed by atoms with van der Waals surface area (Å²) in [6.07, 6.45) is 4.07. The highest BCUT2D eigenvalue weighted by molar-refractivity contribution is 6.39. The Morgan fingerprint density at radius 3 is 2.28 bits per heavy atom. The Bertz CT molecular complexity index is 1120. The molecular formula is C25H25Cl2F3N4O2. The first-order valence-electron chi connectivity index (χ1n) is 11.4. The van der Waals surface area contributed by atoms with Gasteiger partial charge in [0.05, 0.1) is 33.4 Å². The van der Waals surface area contributed by atoms with Gasteiger partial charge in [-0.15, -0.1) is 0 Å². The van der Waals surface area contributed by atoms with Crippen molar-refractivity contribution >= 4 is 41.1 Å². The minimum absolute atomic E-state index is 0.0308. The first-order valence-corrected chi connectivity index (χ1v) is 12.1. The maximum atomic E-state index is 14.1. The van der Waals surface area contributed by atoms with Gasteiger partial charge in [-0.05, 0) is 30.5 Å². The fourth-order valence-corrected chi connectivity index (χ4v) is 4.67. The fourth-order valence-electron chi connectivity index (χ4n) is 4.09. The number of amides is 1. The highest BCUT2D eigenvalue weighted by atomic mass is 35.5. The summed E-state index contributed by atoms with van der Waals surface area (Å²) in [4.78, 5) is 31.4. The van der Waals surface area contributed by atoms with Gasteiger partial charge in [0, 0.05) is 31.2 Å². The molecule has 2 aromatic rings. The lowest BCUT2D eigenvalue weighted by molar-refractivity contribution is -0.126. The number of nitrogens with one attached hydrogen (secondary N) is 2. The van der Waals surface area contributed by atoms with Crippen molar-refractivity contribution in [1.29, 1.82) is 5.41 Å². The Kier molecular flexibility index (Phi) is 9.89. The molecule has 1 aliphatic carbocycles. The van der Waals surface area contributed by atoms with E-state index < -0.39 is 41.7 Å². The molecule has 0 radical (unpaired) electrons. The molecule has 6 nitrogen and oxygen atoms in total. The van der Waals surface area contributed by atoms with Gasteiger partial charge in [0.15, 0.2) is 5.78 Å². The second-order valence-corrected chi connectivity index (χ2v) is 9.26. The number of ketones is 1. The number of halogens is 5. The van der Waals surface area contributed by atoms with E-state index in [1.54, 1.807) is 0 Å². The molecule has 1 saturated carbocycles. The van der Waals surface area contributed by atoms with Crippen molar-refractivity contribution in [2.45, 2.75) is 51.1 Å². The van der Waals surface area contributed by atoms with Crippen molar-refractivity contribution in [2.24, 2.45) is 0 Å². The number of carbonyl (C=O) groups excluding carboxylic acids is 2.